The van der Waals surface area contributed by atoms with Gasteiger partial charge in [0.25, 0.3) is 0 Å². The highest BCUT2D eigenvalue weighted by molar-refractivity contribution is 5.90. The molecule has 0 fully saturated rings. The number of aryl methyl sites for hydroxylation is 1. The predicted octanol–water partition coefficient (Wildman–Crippen LogP) is 5.51. The van der Waals surface area contributed by atoms with E-state index >= 15 is 0 Å². The maximum Gasteiger partial charge on any atom is 0.149 e. The van der Waals surface area contributed by atoms with Crippen LogP contribution in [-0.4, -0.2) is 9.97 Å². The molecule has 4 nitrogen and oxygen atoms in total. The van der Waals surface area contributed by atoms with Gasteiger partial charge in [-0.2, -0.15) is 5.26 Å². The van der Waals surface area contributed by atoms with Crippen LogP contribution in [0.4, 0.5) is 0 Å². The Morgan fingerprint density at radius 2 is 1.89 bits per heavy atom. The van der Waals surface area contributed by atoms with Crippen LogP contribution in [0, 0.1) is 18.3 Å². The maximum atomic E-state index is 9.60. The number of benzene rings is 3. The zero-order valence-corrected chi connectivity index (χ0v) is 15.5. The number of nitrogens with zero attached hydrogens (tertiary/aromatic N) is 2. The van der Waals surface area contributed by atoms with Crippen molar-refractivity contribution in [1.29, 1.82) is 5.26 Å². The molecule has 0 saturated carbocycles. The monoisotopic (exact) mass is 365 g/mol. The SMILES string of the molecule is Cc1ccc(COc2cccc(C=C(C#N)c3nc4ccccc4[nH]3)c2)cc1. The number of ether oxygens (including phenoxy) is 1. The summed E-state index contributed by atoms with van der Waals surface area (Å²) >= 11 is 0. The molecule has 28 heavy (non-hydrogen) atoms. The molecule has 1 heterocycles. The average molecular weight is 365 g/mol. The van der Waals surface area contributed by atoms with Crippen molar-refractivity contribution in [2.75, 3.05) is 0 Å². The van der Waals surface area contributed by atoms with Gasteiger partial charge in [0.1, 0.15) is 24.3 Å². The summed E-state index contributed by atoms with van der Waals surface area (Å²) < 4.78 is 5.91. The standard InChI is InChI=1S/C24H19N3O/c1-17-9-11-18(12-10-17)16-28-21-6-4-5-19(14-21)13-20(15-25)24-26-22-7-2-3-8-23(22)27-24/h2-14H,16H2,1H3,(H,26,27). The number of fused-ring (bicyclic) bond motifs is 1. The Balaban J connectivity index is 1.55. The molecule has 0 spiro atoms. The highest BCUT2D eigenvalue weighted by Gasteiger charge is 2.08. The van der Waals surface area contributed by atoms with E-state index in [2.05, 4.69) is 47.2 Å². The van der Waals surface area contributed by atoms with E-state index < -0.39 is 0 Å². The summed E-state index contributed by atoms with van der Waals surface area (Å²) in [6.07, 6.45) is 1.82. The quantitative estimate of drug-likeness (QED) is 0.474. The van der Waals surface area contributed by atoms with Gasteiger partial charge >= 0.3 is 0 Å². The number of rotatable bonds is 5. The van der Waals surface area contributed by atoms with Crippen molar-refractivity contribution in [3.8, 4) is 11.8 Å². The number of hydrogen-bond donors (Lipinski definition) is 1. The van der Waals surface area contributed by atoms with E-state index in [1.165, 1.54) is 5.56 Å². The molecule has 1 N–H and O–H groups in total. The lowest BCUT2D eigenvalue weighted by molar-refractivity contribution is 0.306. The van der Waals surface area contributed by atoms with Gasteiger partial charge in [-0.3, -0.25) is 0 Å². The molecule has 0 bridgehead atoms. The topological polar surface area (TPSA) is 61.7 Å². The Bertz CT molecular complexity index is 1150. The Morgan fingerprint density at radius 3 is 2.68 bits per heavy atom. The van der Waals surface area contributed by atoms with E-state index in [0.29, 0.717) is 18.0 Å². The van der Waals surface area contributed by atoms with Crippen LogP contribution in [0.25, 0.3) is 22.7 Å². The minimum atomic E-state index is 0.479. The number of imidazole rings is 1. The third kappa shape index (κ3) is 3.94. The Kier molecular flexibility index (Phi) is 4.90. The lowest BCUT2D eigenvalue weighted by Gasteiger charge is -2.07. The summed E-state index contributed by atoms with van der Waals surface area (Å²) in [6, 6.07) is 25.9. The van der Waals surface area contributed by atoms with E-state index in [0.717, 1.165) is 27.9 Å². The van der Waals surface area contributed by atoms with Crippen LogP contribution in [0.1, 0.15) is 22.5 Å². The molecular formula is C24H19N3O. The second-order valence-electron chi connectivity index (χ2n) is 6.62. The van der Waals surface area contributed by atoms with Crippen molar-refractivity contribution in [2.24, 2.45) is 0 Å². The number of nitriles is 1. The van der Waals surface area contributed by atoms with E-state index in [1.54, 1.807) is 0 Å². The predicted molar refractivity (Wildman–Crippen MR) is 112 cm³/mol. The van der Waals surface area contributed by atoms with Crippen molar-refractivity contribution < 1.29 is 4.74 Å². The zero-order chi connectivity index (χ0) is 19.3. The van der Waals surface area contributed by atoms with Gasteiger partial charge in [-0.05, 0) is 48.4 Å². The number of hydrogen-bond acceptors (Lipinski definition) is 3. The summed E-state index contributed by atoms with van der Waals surface area (Å²) in [4.78, 5) is 7.71. The second kappa shape index (κ2) is 7.81. The number of nitrogens with one attached hydrogen (secondary N) is 1. The Hall–Kier alpha value is -3.84. The number of aromatic amines is 1. The smallest absolute Gasteiger partial charge is 0.149 e. The normalized spacial score (nSPS) is 11.4. The molecule has 0 aliphatic carbocycles. The third-order valence-electron chi connectivity index (χ3n) is 4.46. The van der Waals surface area contributed by atoms with E-state index in [-0.39, 0.29) is 0 Å². The summed E-state index contributed by atoms with van der Waals surface area (Å²) in [6.45, 7) is 2.57. The highest BCUT2D eigenvalue weighted by atomic mass is 16.5. The lowest BCUT2D eigenvalue weighted by Crippen LogP contribution is -1.95. The molecule has 4 rings (SSSR count). The van der Waals surface area contributed by atoms with Gasteiger partial charge in [-0.1, -0.05) is 54.1 Å². The van der Waals surface area contributed by atoms with Crippen LogP contribution in [-0.2, 0) is 6.61 Å². The maximum absolute atomic E-state index is 9.60. The van der Waals surface area contributed by atoms with Gasteiger partial charge in [0.05, 0.1) is 16.6 Å². The van der Waals surface area contributed by atoms with Gasteiger partial charge in [0.2, 0.25) is 0 Å². The molecule has 0 aliphatic rings. The fourth-order valence-corrected chi connectivity index (χ4v) is 2.95. The van der Waals surface area contributed by atoms with Crippen LogP contribution < -0.4 is 4.74 Å². The summed E-state index contributed by atoms with van der Waals surface area (Å²) in [5.41, 5.74) is 5.46. The van der Waals surface area contributed by atoms with Crippen molar-refractivity contribution >= 4 is 22.7 Å². The first kappa shape index (κ1) is 17.6. The van der Waals surface area contributed by atoms with Crippen LogP contribution >= 0.6 is 0 Å². The minimum Gasteiger partial charge on any atom is -0.489 e. The molecule has 0 saturated heterocycles. The van der Waals surface area contributed by atoms with Crippen molar-refractivity contribution in [1.82, 2.24) is 9.97 Å². The third-order valence-corrected chi connectivity index (χ3v) is 4.46. The first-order valence-corrected chi connectivity index (χ1v) is 9.06. The Morgan fingerprint density at radius 1 is 1.07 bits per heavy atom. The molecule has 0 radical (unpaired) electrons. The highest BCUT2D eigenvalue weighted by Crippen LogP contribution is 2.22. The number of para-hydroxylation sites is 2. The Labute approximate surface area is 163 Å². The fourth-order valence-electron chi connectivity index (χ4n) is 2.95. The van der Waals surface area contributed by atoms with Crippen molar-refractivity contribution in [3.05, 3.63) is 95.3 Å². The molecule has 0 amide bonds. The van der Waals surface area contributed by atoms with Gasteiger partial charge in [-0.15, -0.1) is 0 Å². The summed E-state index contributed by atoms with van der Waals surface area (Å²) in [7, 11) is 0. The number of aromatic nitrogens is 2. The van der Waals surface area contributed by atoms with Gasteiger partial charge < -0.3 is 9.72 Å². The average Bonchev–Trinajstić information content (AvgIpc) is 3.16. The molecule has 4 aromatic rings. The van der Waals surface area contributed by atoms with E-state index in [9.17, 15) is 5.26 Å². The van der Waals surface area contributed by atoms with Gasteiger partial charge in [-0.25, -0.2) is 4.98 Å². The van der Waals surface area contributed by atoms with Crippen molar-refractivity contribution in [2.45, 2.75) is 13.5 Å². The molecule has 0 unspecified atom stereocenters. The molecule has 136 valence electrons. The van der Waals surface area contributed by atoms with Crippen molar-refractivity contribution in [3.63, 3.8) is 0 Å². The molecule has 3 aromatic carbocycles. The zero-order valence-electron chi connectivity index (χ0n) is 15.5. The largest absolute Gasteiger partial charge is 0.489 e. The van der Waals surface area contributed by atoms with E-state index in [4.69, 9.17) is 4.74 Å². The molecule has 4 heteroatoms. The van der Waals surface area contributed by atoms with Gasteiger partial charge in [0.15, 0.2) is 0 Å². The molecule has 0 aliphatic heterocycles. The lowest BCUT2D eigenvalue weighted by atomic mass is 10.1. The van der Waals surface area contributed by atoms with Crippen LogP contribution in [0.15, 0.2) is 72.8 Å². The number of H-pyrrole nitrogens is 1. The molecule has 1 aromatic heterocycles. The molecule has 0 atom stereocenters. The minimum absolute atomic E-state index is 0.479. The summed E-state index contributed by atoms with van der Waals surface area (Å²) in [5, 5.41) is 9.60. The summed E-state index contributed by atoms with van der Waals surface area (Å²) in [5.74, 6) is 1.32. The van der Waals surface area contributed by atoms with Crippen LogP contribution in [0.5, 0.6) is 5.75 Å². The van der Waals surface area contributed by atoms with Gasteiger partial charge in [0, 0.05) is 0 Å². The molecular weight excluding hydrogens is 346 g/mol. The van der Waals surface area contributed by atoms with E-state index in [1.807, 2.05) is 54.6 Å². The van der Waals surface area contributed by atoms with Crippen LogP contribution in [0.2, 0.25) is 0 Å². The first-order valence-electron chi connectivity index (χ1n) is 9.06. The van der Waals surface area contributed by atoms with Crippen LogP contribution in [0.3, 0.4) is 0 Å². The first-order chi connectivity index (χ1) is 13.7. The fraction of sp³-hybridized carbons (Fsp3) is 0.0833. The number of allylic oxidation sites excluding steroid dienone is 1. The second-order valence-corrected chi connectivity index (χ2v) is 6.62.